The third-order valence-corrected chi connectivity index (χ3v) is 5.56. The van der Waals surface area contributed by atoms with Crippen LogP contribution in [0.1, 0.15) is 34.5 Å². The zero-order valence-electron chi connectivity index (χ0n) is 17.4. The van der Waals surface area contributed by atoms with Gasteiger partial charge in [-0.15, -0.1) is 24.2 Å². The van der Waals surface area contributed by atoms with E-state index in [1.165, 1.54) is 11.2 Å². The quantitative estimate of drug-likeness (QED) is 0.420. The topological polar surface area (TPSA) is 90.4 Å². The molecule has 1 unspecified atom stereocenters. The van der Waals surface area contributed by atoms with Crippen molar-refractivity contribution in [2.24, 2.45) is 5.73 Å². The summed E-state index contributed by atoms with van der Waals surface area (Å²) in [4.78, 5) is 16.3. The first-order valence-electron chi connectivity index (χ1n) is 9.88. The Kier molecular flexibility index (Phi) is 9.91. The number of halogens is 1. The van der Waals surface area contributed by atoms with Crippen molar-refractivity contribution < 1.29 is 14.6 Å². The number of ether oxygens (including phenoxy) is 1. The van der Waals surface area contributed by atoms with E-state index in [-0.39, 0.29) is 18.1 Å². The first-order chi connectivity index (χ1) is 14.5. The second-order valence-electron chi connectivity index (χ2n) is 7.11. The number of hydrogen-bond donors (Lipinski definition) is 2. The Morgan fingerprint density at radius 2 is 1.97 bits per heavy atom. The number of benzene rings is 2. The summed E-state index contributed by atoms with van der Waals surface area (Å²) in [6.07, 6.45) is 6.87. The number of amides is 1. The number of primary amides is 1. The number of aromatic nitrogens is 2. The predicted molar refractivity (Wildman–Crippen MR) is 126 cm³/mol. The highest BCUT2D eigenvalue weighted by molar-refractivity contribution is 7.98. The highest BCUT2D eigenvalue weighted by Gasteiger charge is 2.10. The Bertz CT molecular complexity index is 963. The summed E-state index contributed by atoms with van der Waals surface area (Å²) in [5.74, 6) is 0.307. The summed E-state index contributed by atoms with van der Waals surface area (Å²) >= 11 is 1.72. The number of imidazole rings is 1. The number of carbonyl (C=O) groups excluding carboxylic acids is 1. The Morgan fingerprint density at radius 1 is 1.23 bits per heavy atom. The molecule has 166 valence electrons. The second kappa shape index (κ2) is 12.4. The van der Waals surface area contributed by atoms with E-state index in [0.717, 1.165) is 29.7 Å². The summed E-state index contributed by atoms with van der Waals surface area (Å²) in [6, 6.07) is 16.4. The molecule has 1 heterocycles. The van der Waals surface area contributed by atoms with Crippen LogP contribution in [-0.2, 0) is 19.6 Å². The van der Waals surface area contributed by atoms with Crippen molar-refractivity contribution in [1.82, 2.24) is 9.55 Å². The van der Waals surface area contributed by atoms with Crippen LogP contribution in [0.2, 0.25) is 0 Å². The minimum Gasteiger partial charge on any atom is -0.489 e. The van der Waals surface area contributed by atoms with E-state index in [2.05, 4.69) is 41.6 Å². The number of para-hydroxylation sites is 1. The predicted octanol–water partition coefficient (Wildman–Crippen LogP) is 4.09. The SMILES string of the molecule is CSc1ccc(COc2ccccc2CCCC(O)Cn2cnc(C(N)=O)c2)cc1.Cl. The van der Waals surface area contributed by atoms with Crippen molar-refractivity contribution in [1.29, 1.82) is 0 Å². The molecule has 6 nitrogen and oxygen atoms in total. The van der Waals surface area contributed by atoms with Crippen LogP contribution in [0.4, 0.5) is 0 Å². The van der Waals surface area contributed by atoms with Crippen LogP contribution in [-0.4, -0.2) is 32.9 Å². The van der Waals surface area contributed by atoms with Crippen molar-refractivity contribution in [3.63, 3.8) is 0 Å². The van der Waals surface area contributed by atoms with Crippen molar-refractivity contribution >= 4 is 30.1 Å². The maximum absolute atomic E-state index is 11.1. The number of aryl methyl sites for hydroxylation is 1. The van der Waals surface area contributed by atoms with Crippen LogP contribution in [0.5, 0.6) is 5.75 Å². The lowest BCUT2D eigenvalue weighted by Crippen LogP contribution is -2.15. The number of thioether (sulfide) groups is 1. The van der Waals surface area contributed by atoms with E-state index in [1.807, 2.05) is 18.2 Å². The van der Waals surface area contributed by atoms with Gasteiger partial charge in [-0.3, -0.25) is 4.79 Å². The van der Waals surface area contributed by atoms with E-state index in [9.17, 15) is 9.90 Å². The van der Waals surface area contributed by atoms with Crippen molar-refractivity contribution in [2.45, 2.75) is 43.4 Å². The molecule has 0 saturated carbocycles. The largest absolute Gasteiger partial charge is 0.489 e. The molecule has 0 bridgehead atoms. The summed E-state index contributed by atoms with van der Waals surface area (Å²) in [5, 5.41) is 10.3. The van der Waals surface area contributed by atoms with Crippen LogP contribution in [0, 0.1) is 0 Å². The summed E-state index contributed by atoms with van der Waals surface area (Å²) < 4.78 is 7.73. The lowest BCUT2D eigenvalue weighted by atomic mass is 10.0. The van der Waals surface area contributed by atoms with Gasteiger partial charge in [-0.05, 0) is 54.8 Å². The number of nitrogens with zero attached hydrogens (tertiary/aromatic N) is 2. The number of nitrogens with two attached hydrogens (primary N) is 1. The van der Waals surface area contributed by atoms with Crippen LogP contribution in [0.15, 0.2) is 66.0 Å². The molecule has 2 aromatic carbocycles. The number of carbonyl (C=O) groups is 1. The molecule has 3 rings (SSSR count). The number of rotatable bonds is 11. The second-order valence-corrected chi connectivity index (χ2v) is 7.99. The average Bonchev–Trinajstić information content (AvgIpc) is 3.22. The van der Waals surface area contributed by atoms with Gasteiger partial charge in [0.15, 0.2) is 0 Å². The molecule has 0 aliphatic heterocycles. The van der Waals surface area contributed by atoms with Gasteiger partial charge in [0.2, 0.25) is 0 Å². The van der Waals surface area contributed by atoms with Crippen LogP contribution < -0.4 is 10.5 Å². The summed E-state index contributed by atoms with van der Waals surface area (Å²) in [6.45, 7) is 0.904. The van der Waals surface area contributed by atoms with Crippen molar-refractivity contribution in [3.8, 4) is 5.75 Å². The average molecular weight is 462 g/mol. The molecule has 3 N–H and O–H groups in total. The van der Waals surface area contributed by atoms with Gasteiger partial charge in [0.1, 0.15) is 18.1 Å². The van der Waals surface area contributed by atoms with Gasteiger partial charge < -0.3 is 20.1 Å². The highest BCUT2D eigenvalue weighted by atomic mass is 35.5. The third-order valence-electron chi connectivity index (χ3n) is 4.82. The highest BCUT2D eigenvalue weighted by Crippen LogP contribution is 2.22. The molecule has 1 aromatic heterocycles. The molecule has 0 radical (unpaired) electrons. The number of hydrogen-bond acceptors (Lipinski definition) is 5. The molecular formula is C23H28ClN3O3S. The molecule has 31 heavy (non-hydrogen) atoms. The molecule has 8 heteroatoms. The maximum Gasteiger partial charge on any atom is 0.268 e. The van der Waals surface area contributed by atoms with Crippen molar-refractivity contribution in [2.75, 3.05) is 6.26 Å². The van der Waals surface area contributed by atoms with E-state index >= 15 is 0 Å². The van der Waals surface area contributed by atoms with Crippen LogP contribution in [0.25, 0.3) is 0 Å². The molecular weight excluding hydrogens is 434 g/mol. The van der Waals surface area contributed by atoms with Gasteiger partial charge >= 0.3 is 0 Å². The molecule has 1 atom stereocenters. The standard InChI is InChI=1S/C23H27N3O3S.ClH/c1-30-20-11-9-17(10-12-20)15-29-22-8-3-2-5-18(22)6-4-7-19(27)13-26-14-21(23(24)28)25-16-26;/h2-3,5,8-12,14,16,19,27H,4,6-7,13,15H2,1H3,(H2,24,28);1H. The van der Waals surface area contributed by atoms with Gasteiger partial charge in [0, 0.05) is 17.6 Å². The van der Waals surface area contributed by atoms with Gasteiger partial charge in [-0.1, -0.05) is 30.3 Å². The Labute approximate surface area is 193 Å². The molecule has 0 fully saturated rings. The fraction of sp³-hybridized carbons (Fsp3) is 0.304. The normalized spacial score (nSPS) is 11.5. The van der Waals surface area contributed by atoms with Gasteiger partial charge in [-0.25, -0.2) is 4.98 Å². The minimum atomic E-state index is -0.569. The lowest BCUT2D eigenvalue weighted by molar-refractivity contribution is 0.0995. The summed E-state index contributed by atoms with van der Waals surface area (Å²) in [5.41, 5.74) is 7.67. The van der Waals surface area contributed by atoms with Crippen molar-refractivity contribution in [3.05, 3.63) is 77.9 Å². The monoisotopic (exact) mass is 461 g/mol. The zero-order valence-corrected chi connectivity index (χ0v) is 19.1. The summed E-state index contributed by atoms with van der Waals surface area (Å²) in [7, 11) is 0. The Hall–Kier alpha value is -2.48. The van der Waals surface area contributed by atoms with E-state index in [1.54, 1.807) is 22.5 Å². The minimum absolute atomic E-state index is 0. The fourth-order valence-corrected chi connectivity index (χ4v) is 3.59. The van der Waals surface area contributed by atoms with E-state index in [0.29, 0.717) is 19.6 Å². The first kappa shape index (κ1) is 24.8. The van der Waals surface area contributed by atoms with Gasteiger partial charge in [-0.2, -0.15) is 0 Å². The molecule has 0 spiro atoms. The van der Waals surface area contributed by atoms with Crippen LogP contribution >= 0.6 is 24.2 Å². The molecule has 3 aromatic rings. The van der Waals surface area contributed by atoms with Gasteiger partial charge in [0.05, 0.1) is 12.4 Å². The smallest absolute Gasteiger partial charge is 0.268 e. The Balaban J connectivity index is 0.00000341. The molecule has 0 aliphatic rings. The maximum atomic E-state index is 11.1. The lowest BCUT2D eigenvalue weighted by Gasteiger charge is -2.14. The number of aliphatic hydroxyl groups excluding tert-OH is 1. The molecule has 0 aliphatic carbocycles. The van der Waals surface area contributed by atoms with E-state index in [4.69, 9.17) is 10.5 Å². The number of aliphatic hydroxyl groups is 1. The van der Waals surface area contributed by atoms with Gasteiger partial charge in [0.25, 0.3) is 5.91 Å². The molecule has 0 saturated heterocycles. The third kappa shape index (κ3) is 7.61. The van der Waals surface area contributed by atoms with Crippen LogP contribution in [0.3, 0.4) is 0 Å². The first-order valence-corrected chi connectivity index (χ1v) is 11.1. The zero-order chi connectivity index (χ0) is 21.3. The molecule has 1 amide bonds. The van der Waals surface area contributed by atoms with E-state index < -0.39 is 12.0 Å². The Morgan fingerprint density at radius 3 is 2.65 bits per heavy atom. The fourth-order valence-electron chi connectivity index (χ4n) is 3.18.